The molecule has 1 aromatic rings. The number of carbonyl (C=O) groups excluding carboxylic acids is 1. The van der Waals surface area contributed by atoms with Crippen LogP contribution in [0.2, 0.25) is 0 Å². The Hall–Kier alpha value is -0.870. The Morgan fingerprint density at radius 1 is 1.24 bits per heavy atom. The Morgan fingerprint density at radius 3 is 2.52 bits per heavy atom. The maximum Gasteiger partial charge on any atom is 0.251 e. The first-order chi connectivity index (χ1) is 10.2. The second-order valence-corrected chi connectivity index (χ2v) is 6.57. The molecule has 1 aromatic carbocycles. The Labute approximate surface area is 136 Å². The molecule has 0 aliphatic carbocycles. The van der Waals surface area contributed by atoms with Gasteiger partial charge in [0.2, 0.25) is 0 Å². The molecule has 3 nitrogen and oxygen atoms in total. The number of likely N-dealkylation sites (tertiary alicyclic amines) is 1. The molecule has 4 heteroatoms. The van der Waals surface area contributed by atoms with Gasteiger partial charge >= 0.3 is 0 Å². The van der Waals surface area contributed by atoms with E-state index in [1.165, 1.54) is 37.9 Å². The van der Waals surface area contributed by atoms with Crippen LogP contribution in [-0.2, 0) is 5.33 Å². The van der Waals surface area contributed by atoms with Crippen LogP contribution in [0.1, 0.15) is 42.1 Å². The van der Waals surface area contributed by atoms with E-state index in [1.54, 1.807) is 0 Å². The van der Waals surface area contributed by atoms with Crippen molar-refractivity contribution in [2.75, 3.05) is 26.2 Å². The van der Waals surface area contributed by atoms with Crippen molar-refractivity contribution in [1.82, 2.24) is 10.2 Å². The lowest BCUT2D eigenvalue weighted by molar-refractivity contribution is 0.0942. The van der Waals surface area contributed by atoms with E-state index >= 15 is 0 Å². The van der Waals surface area contributed by atoms with Crippen molar-refractivity contribution in [2.24, 2.45) is 5.92 Å². The highest BCUT2D eigenvalue weighted by Crippen LogP contribution is 2.11. The minimum absolute atomic E-state index is 0.0293. The molecule has 1 fully saturated rings. The van der Waals surface area contributed by atoms with E-state index in [1.807, 2.05) is 24.3 Å². The average molecular weight is 353 g/mol. The Morgan fingerprint density at radius 2 is 1.90 bits per heavy atom. The first-order valence-corrected chi connectivity index (χ1v) is 8.96. The van der Waals surface area contributed by atoms with E-state index in [-0.39, 0.29) is 5.91 Å². The van der Waals surface area contributed by atoms with Gasteiger partial charge in [0.25, 0.3) is 5.91 Å². The van der Waals surface area contributed by atoms with Crippen molar-refractivity contribution in [3.63, 3.8) is 0 Å². The minimum atomic E-state index is 0.0293. The fraction of sp³-hybridized carbons (Fsp3) is 0.588. The number of benzene rings is 1. The maximum atomic E-state index is 12.1. The van der Waals surface area contributed by atoms with Crippen LogP contribution in [0.4, 0.5) is 0 Å². The lowest BCUT2D eigenvalue weighted by Crippen LogP contribution is -2.38. The second kappa shape index (κ2) is 8.54. The van der Waals surface area contributed by atoms with Crippen molar-refractivity contribution in [1.29, 1.82) is 0 Å². The van der Waals surface area contributed by atoms with Crippen LogP contribution < -0.4 is 5.32 Å². The summed E-state index contributed by atoms with van der Waals surface area (Å²) in [6.45, 7) is 6.47. The van der Waals surface area contributed by atoms with Gasteiger partial charge in [-0.15, -0.1) is 0 Å². The van der Waals surface area contributed by atoms with Crippen molar-refractivity contribution in [2.45, 2.75) is 31.5 Å². The van der Waals surface area contributed by atoms with Crippen LogP contribution in [0.3, 0.4) is 0 Å². The molecule has 1 unspecified atom stereocenters. The van der Waals surface area contributed by atoms with Crippen LogP contribution >= 0.6 is 15.9 Å². The monoisotopic (exact) mass is 352 g/mol. The number of piperidine rings is 1. The number of nitrogens with zero attached hydrogens (tertiary/aromatic N) is 1. The van der Waals surface area contributed by atoms with Gasteiger partial charge in [-0.2, -0.15) is 0 Å². The number of hydrogen-bond donors (Lipinski definition) is 1. The third kappa shape index (κ3) is 5.44. The molecule has 1 N–H and O–H groups in total. The average Bonchev–Trinajstić information content (AvgIpc) is 2.53. The summed E-state index contributed by atoms with van der Waals surface area (Å²) in [4.78, 5) is 14.6. The summed E-state index contributed by atoms with van der Waals surface area (Å²) in [6, 6.07) is 7.75. The molecular formula is C17H25BrN2O. The van der Waals surface area contributed by atoms with Gasteiger partial charge in [0.05, 0.1) is 0 Å². The smallest absolute Gasteiger partial charge is 0.251 e. The molecule has 1 saturated heterocycles. The molecule has 2 rings (SSSR count). The van der Waals surface area contributed by atoms with Gasteiger partial charge in [0.1, 0.15) is 0 Å². The van der Waals surface area contributed by atoms with E-state index in [0.717, 1.165) is 24.0 Å². The molecule has 1 heterocycles. The molecule has 1 aliphatic heterocycles. The van der Waals surface area contributed by atoms with Crippen molar-refractivity contribution in [3.8, 4) is 0 Å². The lowest BCUT2D eigenvalue weighted by atomic mass is 10.1. The number of nitrogens with one attached hydrogen (secondary N) is 1. The number of hydrogen-bond acceptors (Lipinski definition) is 2. The highest BCUT2D eigenvalue weighted by Gasteiger charge is 2.14. The number of rotatable bonds is 6. The molecule has 0 bridgehead atoms. The van der Waals surface area contributed by atoms with E-state index in [2.05, 4.69) is 33.1 Å². The first-order valence-electron chi connectivity index (χ1n) is 7.84. The zero-order valence-corrected chi connectivity index (χ0v) is 14.4. The van der Waals surface area contributed by atoms with E-state index in [0.29, 0.717) is 5.92 Å². The molecule has 1 amide bonds. The summed E-state index contributed by atoms with van der Waals surface area (Å²) in [7, 11) is 0. The van der Waals surface area contributed by atoms with Crippen LogP contribution in [-0.4, -0.2) is 37.0 Å². The summed E-state index contributed by atoms with van der Waals surface area (Å²) in [5, 5.41) is 3.87. The van der Waals surface area contributed by atoms with Crippen LogP contribution in [0.5, 0.6) is 0 Å². The number of carbonyl (C=O) groups is 1. The fourth-order valence-electron chi connectivity index (χ4n) is 2.76. The predicted molar refractivity (Wildman–Crippen MR) is 90.9 cm³/mol. The summed E-state index contributed by atoms with van der Waals surface area (Å²) in [5.41, 5.74) is 1.93. The third-order valence-corrected chi connectivity index (χ3v) is 4.65. The summed E-state index contributed by atoms with van der Waals surface area (Å²) in [5.74, 6) is 0.524. The molecular weight excluding hydrogens is 328 g/mol. The molecule has 21 heavy (non-hydrogen) atoms. The second-order valence-electron chi connectivity index (χ2n) is 6.01. The Balaban J connectivity index is 1.74. The topological polar surface area (TPSA) is 32.3 Å². The predicted octanol–water partition coefficient (Wildman–Crippen LogP) is 3.43. The van der Waals surface area contributed by atoms with Crippen molar-refractivity contribution < 1.29 is 4.79 Å². The first kappa shape index (κ1) is 16.5. The number of alkyl halides is 1. The zero-order chi connectivity index (χ0) is 15.1. The third-order valence-electron chi connectivity index (χ3n) is 4.00. The number of halogens is 1. The van der Waals surface area contributed by atoms with Gasteiger partial charge in [-0.05, 0) is 49.5 Å². The molecule has 0 aromatic heterocycles. The van der Waals surface area contributed by atoms with Gasteiger partial charge in [-0.3, -0.25) is 4.79 Å². The SMILES string of the molecule is CC(CNC(=O)c1ccc(CBr)cc1)CN1CCCCC1. The lowest BCUT2D eigenvalue weighted by Gasteiger charge is -2.29. The molecule has 0 radical (unpaired) electrons. The fourth-order valence-corrected chi connectivity index (χ4v) is 3.14. The molecule has 0 spiro atoms. The van der Waals surface area contributed by atoms with E-state index < -0.39 is 0 Å². The number of amides is 1. The molecule has 116 valence electrons. The van der Waals surface area contributed by atoms with E-state index in [9.17, 15) is 4.79 Å². The molecule has 0 saturated carbocycles. The van der Waals surface area contributed by atoms with Crippen LogP contribution in [0.15, 0.2) is 24.3 Å². The van der Waals surface area contributed by atoms with Crippen LogP contribution in [0.25, 0.3) is 0 Å². The van der Waals surface area contributed by atoms with Gasteiger partial charge in [0.15, 0.2) is 0 Å². The Bertz CT molecular complexity index is 441. The quantitative estimate of drug-likeness (QED) is 0.795. The summed E-state index contributed by atoms with van der Waals surface area (Å²) in [6.07, 6.45) is 4.00. The molecule has 1 aliphatic rings. The van der Waals surface area contributed by atoms with Crippen molar-refractivity contribution in [3.05, 3.63) is 35.4 Å². The van der Waals surface area contributed by atoms with Gasteiger partial charge in [-0.25, -0.2) is 0 Å². The maximum absolute atomic E-state index is 12.1. The summed E-state index contributed by atoms with van der Waals surface area (Å²) < 4.78 is 0. The van der Waals surface area contributed by atoms with Gasteiger partial charge in [0, 0.05) is 24.0 Å². The zero-order valence-electron chi connectivity index (χ0n) is 12.8. The normalized spacial score (nSPS) is 17.4. The van der Waals surface area contributed by atoms with Gasteiger partial charge < -0.3 is 10.2 Å². The molecule has 1 atom stereocenters. The highest BCUT2D eigenvalue weighted by molar-refractivity contribution is 9.08. The van der Waals surface area contributed by atoms with E-state index in [4.69, 9.17) is 0 Å². The van der Waals surface area contributed by atoms with Gasteiger partial charge in [-0.1, -0.05) is 41.4 Å². The highest BCUT2D eigenvalue weighted by atomic mass is 79.9. The summed E-state index contributed by atoms with van der Waals surface area (Å²) >= 11 is 3.41. The minimum Gasteiger partial charge on any atom is -0.352 e. The largest absolute Gasteiger partial charge is 0.352 e. The Kier molecular flexibility index (Phi) is 6.71. The standard InChI is InChI=1S/C17H25BrN2O/c1-14(13-20-9-3-2-4-10-20)12-19-17(21)16-7-5-15(11-18)6-8-16/h5-8,14H,2-4,9-13H2,1H3,(H,19,21). The van der Waals surface area contributed by atoms with Crippen LogP contribution in [0, 0.1) is 5.92 Å². The van der Waals surface area contributed by atoms with Crippen molar-refractivity contribution >= 4 is 21.8 Å².